The fourth-order valence-corrected chi connectivity index (χ4v) is 3.97. The van der Waals surface area contributed by atoms with Gasteiger partial charge in [-0.1, -0.05) is 66.7 Å². The van der Waals surface area contributed by atoms with Gasteiger partial charge in [0.15, 0.2) is 0 Å². The van der Waals surface area contributed by atoms with Crippen LogP contribution in [0.25, 0.3) is 10.8 Å². The quantitative estimate of drug-likeness (QED) is 0.457. The van der Waals surface area contributed by atoms with Gasteiger partial charge in [0, 0.05) is 5.56 Å². The first-order chi connectivity index (χ1) is 14.7. The summed E-state index contributed by atoms with van der Waals surface area (Å²) in [5.41, 5.74) is 2.69. The molecule has 0 radical (unpaired) electrons. The number of fused-ring (bicyclic) bond motifs is 2. The number of methoxy groups -OCH3 is 1. The van der Waals surface area contributed by atoms with E-state index < -0.39 is 6.10 Å². The predicted octanol–water partition coefficient (Wildman–Crippen LogP) is 5.52. The molecule has 1 aliphatic heterocycles. The Morgan fingerprint density at radius 3 is 2.43 bits per heavy atom. The Hall–Kier alpha value is -3.79. The minimum atomic E-state index is -0.691. The van der Waals surface area contributed by atoms with Crippen molar-refractivity contribution in [3.63, 3.8) is 0 Å². The molecule has 4 heteroatoms. The Bertz CT molecular complexity index is 1210. The van der Waals surface area contributed by atoms with Gasteiger partial charge in [-0.15, -0.1) is 0 Å². The maximum absolute atomic E-state index is 13.6. The highest BCUT2D eigenvalue weighted by Crippen LogP contribution is 2.41. The molecule has 1 amide bonds. The van der Waals surface area contributed by atoms with Crippen molar-refractivity contribution in [2.75, 3.05) is 12.0 Å². The van der Waals surface area contributed by atoms with Crippen LogP contribution in [-0.2, 0) is 11.3 Å². The molecule has 0 aliphatic carbocycles. The maximum atomic E-state index is 13.6. The molecule has 1 heterocycles. The van der Waals surface area contributed by atoms with Gasteiger partial charge in [-0.2, -0.15) is 0 Å². The standard InChI is InChI=1S/C26H21NO3/c1-29-20-15-13-18(14-16-20)17-27-23-11-4-5-12-24(23)30-25(26(27)28)22-10-6-8-19-7-2-3-9-21(19)22/h2-16,25H,17H2,1H3. The van der Waals surface area contributed by atoms with Gasteiger partial charge in [0.1, 0.15) is 11.5 Å². The second-order valence-electron chi connectivity index (χ2n) is 7.31. The lowest BCUT2D eigenvalue weighted by atomic mass is 9.98. The van der Waals surface area contributed by atoms with Crippen LogP contribution in [0.15, 0.2) is 91.0 Å². The summed E-state index contributed by atoms with van der Waals surface area (Å²) in [7, 11) is 1.64. The number of anilines is 1. The van der Waals surface area contributed by atoms with E-state index in [0.29, 0.717) is 12.3 Å². The molecule has 1 aliphatic rings. The molecular weight excluding hydrogens is 374 g/mol. The van der Waals surface area contributed by atoms with Crippen LogP contribution < -0.4 is 14.4 Å². The van der Waals surface area contributed by atoms with E-state index in [-0.39, 0.29) is 5.91 Å². The third-order valence-electron chi connectivity index (χ3n) is 5.50. The van der Waals surface area contributed by atoms with E-state index >= 15 is 0 Å². The number of ether oxygens (including phenoxy) is 2. The number of amides is 1. The number of hydrogen-bond acceptors (Lipinski definition) is 3. The predicted molar refractivity (Wildman–Crippen MR) is 118 cm³/mol. The number of rotatable bonds is 4. The number of benzene rings is 4. The topological polar surface area (TPSA) is 38.8 Å². The molecule has 1 atom stereocenters. The van der Waals surface area contributed by atoms with E-state index in [9.17, 15) is 4.79 Å². The summed E-state index contributed by atoms with van der Waals surface area (Å²) in [6.45, 7) is 0.463. The molecule has 0 bridgehead atoms. The fourth-order valence-electron chi connectivity index (χ4n) is 3.97. The van der Waals surface area contributed by atoms with Gasteiger partial charge < -0.3 is 14.4 Å². The van der Waals surface area contributed by atoms with E-state index in [1.54, 1.807) is 7.11 Å². The Kier molecular flexibility index (Phi) is 4.60. The molecule has 0 N–H and O–H groups in total. The Morgan fingerprint density at radius 2 is 1.60 bits per heavy atom. The van der Waals surface area contributed by atoms with Gasteiger partial charge in [-0.25, -0.2) is 0 Å². The first kappa shape index (κ1) is 18.3. The van der Waals surface area contributed by atoms with Crippen molar-refractivity contribution in [1.82, 2.24) is 0 Å². The first-order valence-corrected chi connectivity index (χ1v) is 9.92. The molecule has 30 heavy (non-hydrogen) atoms. The minimum absolute atomic E-state index is 0.0686. The lowest BCUT2D eigenvalue weighted by Gasteiger charge is -2.35. The van der Waals surface area contributed by atoms with Crippen molar-refractivity contribution >= 4 is 22.4 Å². The number of carbonyl (C=O) groups is 1. The SMILES string of the molecule is COc1ccc(CN2C(=O)C(c3cccc4ccccc34)Oc3ccccc32)cc1. The molecule has 0 saturated heterocycles. The maximum Gasteiger partial charge on any atom is 0.273 e. The van der Waals surface area contributed by atoms with Crippen molar-refractivity contribution in [3.8, 4) is 11.5 Å². The van der Waals surface area contributed by atoms with Gasteiger partial charge in [-0.05, 0) is 40.6 Å². The molecule has 148 valence electrons. The monoisotopic (exact) mass is 395 g/mol. The van der Waals surface area contributed by atoms with Crippen LogP contribution in [0.2, 0.25) is 0 Å². The molecule has 4 nitrogen and oxygen atoms in total. The Balaban J connectivity index is 1.57. The van der Waals surface area contributed by atoms with Crippen molar-refractivity contribution in [3.05, 3.63) is 102 Å². The summed E-state index contributed by atoms with van der Waals surface area (Å²) in [5.74, 6) is 1.44. The highest BCUT2D eigenvalue weighted by molar-refractivity contribution is 6.03. The lowest BCUT2D eigenvalue weighted by Crippen LogP contribution is -2.40. The largest absolute Gasteiger partial charge is 0.497 e. The number of para-hydroxylation sites is 2. The second-order valence-corrected chi connectivity index (χ2v) is 7.31. The third-order valence-corrected chi connectivity index (χ3v) is 5.50. The summed E-state index contributed by atoms with van der Waals surface area (Å²) in [6, 6.07) is 29.6. The van der Waals surface area contributed by atoms with Gasteiger partial charge in [0.2, 0.25) is 6.10 Å². The highest BCUT2D eigenvalue weighted by atomic mass is 16.5. The zero-order chi connectivity index (χ0) is 20.5. The van der Waals surface area contributed by atoms with Crippen molar-refractivity contribution in [2.24, 2.45) is 0 Å². The van der Waals surface area contributed by atoms with Crippen LogP contribution in [0.1, 0.15) is 17.2 Å². The van der Waals surface area contributed by atoms with Crippen LogP contribution in [0, 0.1) is 0 Å². The minimum Gasteiger partial charge on any atom is -0.497 e. The van der Waals surface area contributed by atoms with Crippen LogP contribution in [0.3, 0.4) is 0 Å². The molecule has 1 unspecified atom stereocenters. The van der Waals surface area contributed by atoms with Gasteiger partial charge in [0.25, 0.3) is 5.91 Å². The molecule has 0 aromatic heterocycles. The smallest absolute Gasteiger partial charge is 0.273 e. The van der Waals surface area contributed by atoms with Crippen LogP contribution in [-0.4, -0.2) is 13.0 Å². The number of carbonyl (C=O) groups excluding carboxylic acids is 1. The molecule has 4 aromatic rings. The van der Waals surface area contributed by atoms with Gasteiger partial charge >= 0.3 is 0 Å². The Labute approximate surface area is 175 Å². The first-order valence-electron chi connectivity index (χ1n) is 9.92. The van der Waals surface area contributed by atoms with Crippen LogP contribution >= 0.6 is 0 Å². The fraction of sp³-hybridized carbons (Fsp3) is 0.115. The molecule has 4 aromatic carbocycles. The van der Waals surface area contributed by atoms with Crippen molar-refractivity contribution in [1.29, 1.82) is 0 Å². The molecule has 0 saturated carbocycles. The average molecular weight is 395 g/mol. The summed E-state index contributed by atoms with van der Waals surface area (Å²) in [4.78, 5) is 15.4. The molecule has 0 fully saturated rings. The third kappa shape index (κ3) is 3.16. The molecule has 0 spiro atoms. The zero-order valence-corrected chi connectivity index (χ0v) is 16.6. The van der Waals surface area contributed by atoms with Crippen molar-refractivity contribution < 1.29 is 14.3 Å². The van der Waals surface area contributed by atoms with E-state index in [2.05, 4.69) is 12.1 Å². The van der Waals surface area contributed by atoms with E-state index in [4.69, 9.17) is 9.47 Å². The van der Waals surface area contributed by atoms with E-state index in [1.165, 1.54) is 0 Å². The Morgan fingerprint density at radius 1 is 0.867 bits per heavy atom. The zero-order valence-electron chi connectivity index (χ0n) is 16.6. The van der Waals surface area contributed by atoms with Crippen LogP contribution in [0.4, 0.5) is 5.69 Å². The summed E-state index contributed by atoms with van der Waals surface area (Å²) in [5, 5.41) is 2.12. The van der Waals surface area contributed by atoms with E-state index in [0.717, 1.165) is 33.3 Å². The highest BCUT2D eigenvalue weighted by Gasteiger charge is 2.36. The van der Waals surface area contributed by atoms with Gasteiger partial charge in [0.05, 0.1) is 19.3 Å². The molecule has 5 rings (SSSR count). The summed E-state index contributed by atoms with van der Waals surface area (Å²) < 4.78 is 11.5. The molecular formula is C26H21NO3. The summed E-state index contributed by atoms with van der Waals surface area (Å²) in [6.07, 6.45) is -0.691. The average Bonchev–Trinajstić information content (AvgIpc) is 2.81. The number of nitrogens with zero attached hydrogens (tertiary/aromatic N) is 1. The second kappa shape index (κ2) is 7.56. The van der Waals surface area contributed by atoms with Crippen molar-refractivity contribution in [2.45, 2.75) is 12.6 Å². The van der Waals surface area contributed by atoms with Gasteiger partial charge in [-0.3, -0.25) is 4.79 Å². The van der Waals surface area contributed by atoms with Crippen LogP contribution in [0.5, 0.6) is 11.5 Å². The lowest BCUT2D eigenvalue weighted by molar-refractivity contribution is -0.126. The normalized spacial score (nSPS) is 15.6. The number of hydrogen-bond donors (Lipinski definition) is 0. The van der Waals surface area contributed by atoms with E-state index in [1.807, 2.05) is 83.8 Å². The summed E-state index contributed by atoms with van der Waals surface area (Å²) >= 11 is 0.